The first-order chi connectivity index (χ1) is 15.8. The lowest BCUT2D eigenvalue weighted by Crippen LogP contribution is -2.36. The van der Waals surface area contributed by atoms with Crippen LogP contribution in [-0.4, -0.2) is 52.7 Å². The Morgan fingerprint density at radius 3 is 2.91 bits per heavy atom. The van der Waals surface area contributed by atoms with Gasteiger partial charge in [0.1, 0.15) is 16.5 Å². The molecule has 7 heteroatoms. The van der Waals surface area contributed by atoms with Gasteiger partial charge in [0, 0.05) is 36.1 Å². The molecule has 0 saturated carbocycles. The fourth-order valence-electron chi connectivity index (χ4n) is 4.88. The molecule has 1 aliphatic carbocycles. The SMILES string of the molecule is c1cnc2c(CCNc3nc(CN4CCOCC4)nc4sc5c(c34)CCC5)cccc2c1. The fourth-order valence-corrected chi connectivity index (χ4v) is 6.16. The molecule has 4 aromatic rings. The molecule has 1 aromatic carbocycles. The lowest BCUT2D eigenvalue weighted by atomic mass is 10.1. The largest absolute Gasteiger partial charge is 0.379 e. The van der Waals surface area contributed by atoms with Crippen LogP contribution in [0.1, 0.15) is 28.2 Å². The summed E-state index contributed by atoms with van der Waals surface area (Å²) >= 11 is 1.86. The van der Waals surface area contributed by atoms with Crippen LogP contribution in [0.2, 0.25) is 0 Å². The highest BCUT2D eigenvalue weighted by Crippen LogP contribution is 2.39. The van der Waals surface area contributed by atoms with E-state index >= 15 is 0 Å². The quantitative estimate of drug-likeness (QED) is 0.480. The summed E-state index contributed by atoms with van der Waals surface area (Å²) in [5.41, 5.74) is 3.83. The van der Waals surface area contributed by atoms with Crippen LogP contribution in [0.3, 0.4) is 0 Å². The monoisotopic (exact) mass is 445 g/mol. The molecule has 0 radical (unpaired) electrons. The Labute approximate surface area is 191 Å². The van der Waals surface area contributed by atoms with E-state index in [1.54, 1.807) is 0 Å². The Balaban J connectivity index is 1.28. The van der Waals surface area contributed by atoms with Crippen molar-refractivity contribution in [2.75, 3.05) is 38.2 Å². The van der Waals surface area contributed by atoms with E-state index in [9.17, 15) is 0 Å². The van der Waals surface area contributed by atoms with Gasteiger partial charge >= 0.3 is 0 Å². The summed E-state index contributed by atoms with van der Waals surface area (Å²) in [6.07, 6.45) is 6.35. The van der Waals surface area contributed by atoms with Crippen molar-refractivity contribution < 1.29 is 4.74 Å². The van der Waals surface area contributed by atoms with Gasteiger partial charge in [-0.3, -0.25) is 9.88 Å². The summed E-state index contributed by atoms with van der Waals surface area (Å²) < 4.78 is 5.50. The van der Waals surface area contributed by atoms with Gasteiger partial charge in [0.2, 0.25) is 0 Å². The molecule has 0 atom stereocenters. The number of nitrogens with zero attached hydrogens (tertiary/aromatic N) is 4. The molecule has 6 rings (SSSR count). The molecule has 1 saturated heterocycles. The molecule has 32 heavy (non-hydrogen) atoms. The van der Waals surface area contributed by atoms with Gasteiger partial charge in [0.05, 0.1) is 30.7 Å². The average molecular weight is 446 g/mol. The van der Waals surface area contributed by atoms with Gasteiger partial charge in [0.15, 0.2) is 0 Å². The maximum absolute atomic E-state index is 5.50. The van der Waals surface area contributed by atoms with Gasteiger partial charge < -0.3 is 10.1 Å². The minimum absolute atomic E-state index is 0.782. The number of anilines is 1. The molecule has 6 nitrogen and oxygen atoms in total. The number of thiophene rings is 1. The van der Waals surface area contributed by atoms with Crippen molar-refractivity contribution in [1.29, 1.82) is 0 Å². The second kappa shape index (κ2) is 8.73. The van der Waals surface area contributed by atoms with Gasteiger partial charge in [-0.15, -0.1) is 11.3 Å². The summed E-state index contributed by atoms with van der Waals surface area (Å²) in [6.45, 7) is 5.07. The Kier molecular flexibility index (Phi) is 5.46. The number of aryl methyl sites for hydroxylation is 2. The van der Waals surface area contributed by atoms with Gasteiger partial charge in [-0.25, -0.2) is 9.97 Å². The van der Waals surface area contributed by atoms with Crippen LogP contribution in [0.25, 0.3) is 21.1 Å². The lowest BCUT2D eigenvalue weighted by Gasteiger charge is -2.25. The van der Waals surface area contributed by atoms with Crippen molar-refractivity contribution in [3.63, 3.8) is 0 Å². The lowest BCUT2D eigenvalue weighted by molar-refractivity contribution is 0.0331. The first-order valence-corrected chi connectivity index (χ1v) is 12.3. The van der Waals surface area contributed by atoms with Crippen molar-refractivity contribution >= 4 is 38.3 Å². The number of aromatic nitrogens is 3. The van der Waals surface area contributed by atoms with Crippen molar-refractivity contribution in [2.45, 2.75) is 32.2 Å². The molecule has 2 aliphatic rings. The van der Waals surface area contributed by atoms with Crippen LogP contribution < -0.4 is 5.32 Å². The zero-order valence-corrected chi connectivity index (χ0v) is 19.0. The van der Waals surface area contributed by atoms with E-state index < -0.39 is 0 Å². The molecular weight excluding hydrogens is 418 g/mol. The molecule has 1 N–H and O–H groups in total. The molecule has 164 valence electrons. The van der Waals surface area contributed by atoms with Crippen molar-refractivity contribution in [2.24, 2.45) is 0 Å². The summed E-state index contributed by atoms with van der Waals surface area (Å²) in [5.74, 6) is 1.92. The van der Waals surface area contributed by atoms with Crippen molar-refractivity contribution in [1.82, 2.24) is 19.9 Å². The topological polar surface area (TPSA) is 63.2 Å². The van der Waals surface area contributed by atoms with Crippen LogP contribution in [0.15, 0.2) is 36.5 Å². The molecule has 0 spiro atoms. The van der Waals surface area contributed by atoms with Gasteiger partial charge in [-0.2, -0.15) is 0 Å². The zero-order chi connectivity index (χ0) is 21.3. The van der Waals surface area contributed by atoms with Crippen LogP contribution in [0.4, 0.5) is 5.82 Å². The second-order valence-corrected chi connectivity index (χ2v) is 9.67. The number of rotatable bonds is 6. The number of hydrogen-bond acceptors (Lipinski definition) is 7. The van der Waals surface area contributed by atoms with E-state index in [4.69, 9.17) is 14.7 Å². The summed E-state index contributed by atoms with van der Waals surface area (Å²) in [7, 11) is 0. The summed E-state index contributed by atoms with van der Waals surface area (Å²) in [6, 6.07) is 10.5. The third kappa shape index (κ3) is 3.85. The van der Waals surface area contributed by atoms with E-state index in [-0.39, 0.29) is 0 Å². The second-order valence-electron chi connectivity index (χ2n) is 8.58. The number of nitrogens with one attached hydrogen (secondary N) is 1. The number of ether oxygens (including phenoxy) is 1. The Morgan fingerprint density at radius 2 is 1.97 bits per heavy atom. The number of para-hydroxylation sites is 1. The van der Waals surface area contributed by atoms with Gasteiger partial charge in [-0.1, -0.05) is 24.3 Å². The van der Waals surface area contributed by atoms with E-state index in [0.29, 0.717) is 0 Å². The van der Waals surface area contributed by atoms with Gasteiger partial charge in [-0.05, 0) is 42.9 Å². The molecule has 0 bridgehead atoms. The highest BCUT2D eigenvalue weighted by molar-refractivity contribution is 7.19. The van der Waals surface area contributed by atoms with Gasteiger partial charge in [0.25, 0.3) is 0 Å². The highest BCUT2D eigenvalue weighted by atomic mass is 32.1. The van der Waals surface area contributed by atoms with Crippen LogP contribution in [-0.2, 0) is 30.5 Å². The predicted octanol–water partition coefficient (Wildman–Crippen LogP) is 4.22. The molecule has 0 unspecified atom stereocenters. The molecule has 1 aliphatic heterocycles. The minimum Gasteiger partial charge on any atom is -0.379 e. The molecular formula is C25H27N5OS. The number of pyridine rings is 1. The predicted molar refractivity (Wildman–Crippen MR) is 129 cm³/mol. The van der Waals surface area contributed by atoms with E-state index in [1.807, 2.05) is 23.6 Å². The zero-order valence-electron chi connectivity index (χ0n) is 18.1. The number of hydrogen-bond donors (Lipinski definition) is 1. The Morgan fingerprint density at radius 1 is 1.06 bits per heavy atom. The van der Waals surface area contributed by atoms with Crippen LogP contribution >= 0.6 is 11.3 Å². The smallest absolute Gasteiger partial charge is 0.146 e. The normalized spacial score (nSPS) is 16.6. The van der Waals surface area contributed by atoms with E-state index in [0.717, 1.165) is 74.2 Å². The maximum atomic E-state index is 5.50. The fraction of sp³-hybridized carbons (Fsp3) is 0.400. The summed E-state index contributed by atoms with van der Waals surface area (Å²) in [4.78, 5) is 19.6. The molecule has 3 aromatic heterocycles. The Hall–Kier alpha value is -2.61. The third-order valence-electron chi connectivity index (χ3n) is 6.48. The molecule has 0 amide bonds. The maximum Gasteiger partial charge on any atom is 0.146 e. The average Bonchev–Trinajstić information content (AvgIpc) is 3.41. The number of benzene rings is 1. The first-order valence-electron chi connectivity index (χ1n) is 11.5. The van der Waals surface area contributed by atoms with Crippen LogP contribution in [0, 0.1) is 0 Å². The van der Waals surface area contributed by atoms with Crippen molar-refractivity contribution in [3.05, 3.63) is 58.4 Å². The molecule has 4 heterocycles. The van der Waals surface area contributed by atoms with E-state index in [1.165, 1.54) is 39.6 Å². The minimum atomic E-state index is 0.782. The summed E-state index contributed by atoms with van der Waals surface area (Å²) in [5, 5.41) is 6.13. The van der Waals surface area contributed by atoms with Crippen LogP contribution in [0.5, 0.6) is 0 Å². The Bertz CT molecular complexity index is 1260. The number of fused-ring (bicyclic) bond motifs is 4. The molecule has 1 fully saturated rings. The van der Waals surface area contributed by atoms with Crippen molar-refractivity contribution in [3.8, 4) is 0 Å². The third-order valence-corrected chi connectivity index (χ3v) is 7.67. The highest BCUT2D eigenvalue weighted by Gasteiger charge is 2.23. The first kappa shape index (κ1) is 20.0. The standard InChI is InChI=1S/C25H27N5OS/c1-4-17-6-3-10-26-23(17)18(5-1)9-11-27-24-22-19-7-2-8-20(19)32-25(22)29-21(28-24)16-30-12-14-31-15-13-30/h1,3-6,10H,2,7-9,11-16H2,(H,27,28,29). The number of morpholine rings is 1. The van der Waals surface area contributed by atoms with E-state index in [2.05, 4.69) is 39.5 Å².